The third kappa shape index (κ3) is 3.74. The van der Waals surface area contributed by atoms with Crippen LogP contribution in [0.25, 0.3) is 21.5 Å². The molecule has 0 bridgehead atoms. The van der Waals surface area contributed by atoms with Crippen molar-refractivity contribution in [3.8, 4) is 11.5 Å². The first-order chi connectivity index (χ1) is 14.3. The number of para-hydroxylation sites is 1. The van der Waals surface area contributed by atoms with Crippen LogP contribution >= 0.6 is 0 Å². The number of nitrogens with zero attached hydrogens (tertiary/aromatic N) is 1. The fourth-order valence-electron chi connectivity index (χ4n) is 3.47. The van der Waals surface area contributed by atoms with Crippen LogP contribution in [0.4, 0.5) is 5.69 Å². The van der Waals surface area contributed by atoms with E-state index in [1.165, 1.54) is 21.5 Å². The third-order valence-electron chi connectivity index (χ3n) is 4.95. The molecule has 138 valence electrons. The number of fused-ring (bicyclic) bond motifs is 2. The Bertz CT molecular complexity index is 1310. The van der Waals surface area contributed by atoms with E-state index < -0.39 is 0 Å². The van der Waals surface area contributed by atoms with Gasteiger partial charge in [-0.2, -0.15) is 0 Å². The summed E-state index contributed by atoms with van der Waals surface area (Å²) >= 11 is 0. The Morgan fingerprint density at radius 1 is 0.552 bits per heavy atom. The lowest BCUT2D eigenvalue weighted by Crippen LogP contribution is -1.85. The molecule has 5 aromatic carbocycles. The first-order valence-corrected chi connectivity index (χ1v) is 9.64. The number of hydrogen-bond acceptors (Lipinski definition) is 2. The van der Waals surface area contributed by atoms with E-state index in [1.807, 2.05) is 60.8 Å². The summed E-state index contributed by atoms with van der Waals surface area (Å²) in [6.07, 6.45) is 1.93. The van der Waals surface area contributed by atoms with Crippen LogP contribution in [0.1, 0.15) is 5.56 Å². The van der Waals surface area contributed by atoms with Gasteiger partial charge in [-0.3, -0.25) is 4.99 Å². The largest absolute Gasteiger partial charge is 0.457 e. The van der Waals surface area contributed by atoms with Gasteiger partial charge in [-0.1, -0.05) is 60.7 Å². The normalized spacial score (nSPS) is 11.3. The molecule has 0 heterocycles. The van der Waals surface area contributed by atoms with E-state index in [0.29, 0.717) is 0 Å². The molecule has 5 rings (SSSR count). The maximum atomic E-state index is 5.84. The molecular formula is C27H19NO. The molecule has 0 amide bonds. The highest BCUT2D eigenvalue weighted by atomic mass is 16.5. The second kappa shape index (κ2) is 7.61. The molecule has 0 unspecified atom stereocenters. The Labute approximate surface area is 169 Å². The van der Waals surface area contributed by atoms with Crippen molar-refractivity contribution in [2.45, 2.75) is 0 Å². The molecule has 2 heteroatoms. The van der Waals surface area contributed by atoms with E-state index in [4.69, 9.17) is 4.74 Å². The molecule has 0 aliphatic rings. The van der Waals surface area contributed by atoms with Crippen LogP contribution < -0.4 is 4.74 Å². The van der Waals surface area contributed by atoms with Crippen LogP contribution in [0.3, 0.4) is 0 Å². The third-order valence-corrected chi connectivity index (χ3v) is 4.95. The van der Waals surface area contributed by atoms with Crippen molar-refractivity contribution >= 4 is 33.4 Å². The molecule has 0 saturated carbocycles. The zero-order valence-electron chi connectivity index (χ0n) is 15.8. The van der Waals surface area contributed by atoms with E-state index >= 15 is 0 Å². The van der Waals surface area contributed by atoms with Gasteiger partial charge in [-0.25, -0.2) is 0 Å². The van der Waals surface area contributed by atoms with Crippen LogP contribution in [-0.2, 0) is 0 Å². The topological polar surface area (TPSA) is 21.6 Å². The summed E-state index contributed by atoms with van der Waals surface area (Å²) in [6, 6.07) is 36.8. The average molecular weight is 373 g/mol. The van der Waals surface area contributed by atoms with Gasteiger partial charge in [-0.15, -0.1) is 0 Å². The first kappa shape index (κ1) is 17.2. The minimum absolute atomic E-state index is 0.798. The van der Waals surface area contributed by atoms with Gasteiger partial charge in [-0.05, 0) is 70.1 Å². The lowest BCUT2D eigenvalue weighted by Gasteiger charge is -2.06. The molecular weight excluding hydrogens is 354 g/mol. The quantitative estimate of drug-likeness (QED) is 0.235. The van der Waals surface area contributed by atoms with Crippen molar-refractivity contribution in [3.63, 3.8) is 0 Å². The molecule has 0 radical (unpaired) electrons. The van der Waals surface area contributed by atoms with Crippen LogP contribution in [0.15, 0.2) is 114 Å². The van der Waals surface area contributed by atoms with Crippen LogP contribution in [0.2, 0.25) is 0 Å². The van der Waals surface area contributed by atoms with Gasteiger partial charge >= 0.3 is 0 Å². The minimum atomic E-state index is 0.798. The fourth-order valence-corrected chi connectivity index (χ4v) is 3.47. The second-order valence-corrected chi connectivity index (χ2v) is 6.93. The van der Waals surface area contributed by atoms with E-state index in [0.717, 1.165) is 22.7 Å². The lowest BCUT2D eigenvalue weighted by molar-refractivity contribution is 0.483. The molecule has 0 saturated heterocycles. The Morgan fingerprint density at radius 3 is 2.00 bits per heavy atom. The molecule has 0 N–H and O–H groups in total. The van der Waals surface area contributed by atoms with Gasteiger partial charge in [0.1, 0.15) is 11.5 Å². The summed E-state index contributed by atoms with van der Waals surface area (Å²) in [5.41, 5.74) is 2.00. The smallest absolute Gasteiger partial charge is 0.127 e. The summed E-state index contributed by atoms with van der Waals surface area (Å²) in [7, 11) is 0. The zero-order chi connectivity index (χ0) is 19.5. The van der Waals surface area contributed by atoms with Crippen molar-refractivity contribution in [1.29, 1.82) is 0 Å². The highest BCUT2D eigenvalue weighted by Crippen LogP contribution is 2.26. The Hall–Kier alpha value is -3.91. The highest BCUT2D eigenvalue weighted by molar-refractivity contribution is 6.06. The zero-order valence-corrected chi connectivity index (χ0v) is 15.8. The maximum absolute atomic E-state index is 5.84. The molecule has 0 spiro atoms. The van der Waals surface area contributed by atoms with E-state index in [-0.39, 0.29) is 0 Å². The lowest BCUT2D eigenvalue weighted by atomic mass is 10.0. The number of ether oxygens (including phenoxy) is 1. The summed E-state index contributed by atoms with van der Waals surface area (Å²) in [5, 5.41) is 4.92. The second-order valence-electron chi connectivity index (χ2n) is 6.93. The number of rotatable bonds is 4. The molecule has 29 heavy (non-hydrogen) atoms. The SMILES string of the molecule is C(=Nc1ccc(Oc2ccccc2)cc1)c1cccc2cc3ccccc3cc12. The summed E-state index contributed by atoms with van der Waals surface area (Å²) < 4.78 is 5.84. The monoisotopic (exact) mass is 373 g/mol. The fraction of sp³-hybridized carbons (Fsp3) is 0. The van der Waals surface area contributed by atoms with Crippen molar-refractivity contribution in [1.82, 2.24) is 0 Å². The van der Waals surface area contributed by atoms with Gasteiger partial charge in [0.2, 0.25) is 0 Å². The summed E-state index contributed by atoms with van der Waals surface area (Å²) in [5.74, 6) is 1.62. The average Bonchev–Trinajstić information content (AvgIpc) is 2.78. The number of aliphatic imine (C=N–C) groups is 1. The van der Waals surface area contributed by atoms with Crippen LogP contribution in [-0.4, -0.2) is 6.21 Å². The summed E-state index contributed by atoms with van der Waals surface area (Å²) in [6.45, 7) is 0. The Morgan fingerprint density at radius 2 is 1.21 bits per heavy atom. The summed E-state index contributed by atoms with van der Waals surface area (Å²) in [4.78, 5) is 4.67. The highest BCUT2D eigenvalue weighted by Gasteiger charge is 2.02. The minimum Gasteiger partial charge on any atom is -0.457 e. The number of hydrogen-bond donors (Lipinski definition) is 0. The van der Waals surface area contributed by atoms with Gasteiger partial charge in [0.25, 0.3) is 0 Å². The van der Waals surface area contributed by atoms with Crippen molar-refractivity contribution in [2.24, 2.45) is 4.99 Å². The van der Waals surface area contributed by atoms with Gasteiger partial charge in [0.05, 0.1) is 5.69 Å². The van der Waals surface area contributed by atoms with E-state index in [1.54, 1.807) is 0 Å². The maximum Gasteiger partial charge on any atom is 0.127 e. The number of benzene rings is 5. The molecule has 0 aliphatic heterocycles. The van der Waals surface area contributed by atoms with Gasteiger partial charge < -0.3 is 4.74 Å². The molecule has 5 aromatic rings. The molecule has 0 aromatic heterocycles. The van der Waals surface area contributed by atoms with Gasteiger partial charge in [0.15, 0.2) is 0 Å². The van der Waals surface area contributed by atoms with Gasteiger partial charge in [0, 0.05) is 11.8 Å². The first-order valence-electron chi connectivity index (χ1n) is 9.64. The molecule has 0 fully saturated rings. The van der Waals surface area contributed by atoms with Crippen LogP contribution in [0.5, 0.6) is 11.5 Å². The van der Waals surface area contributed by atoms with E-state index in [9.17, 15) is 0 Å². The standard InChI is InChI=1S/C27H19NO/c1-2-11-25(12-3-1)29-26-15-13-24(14-16-26)28-19-23-10-6-9-22-17-20-7-4-5-8-21(20)18-27(22)23/h1-19H. The predicted molar refractivity (Wildman–Crippen MR) is 122 cm³/mol. The van der Waals surface area contributed by atoms with Crippen molar-refractivity contribution < 1.29 is 4.74 Å². The predicted octanol–water partition coefficient (Wildman–Crippen LogP) is 7.54. The molecule has 0 atom stereocenters. The van der Waals surface area contributed by atoms with Crippen molar-refractivity contribution in [2.75, 3.05) is 0 Å². The Balaban J connectivity index is 1.42. The van der Waals surface area contributed by atoms with Crippen LogP contribution in [0, 0.1) is 0 Å². The molecule has 0 aliphatic carbocycles. The van der Waals surface area contributed by atoms with E-state index in [2.05, 4.69) is 59.6 Å². The Kier molecular flexibility index (Phi) is 4.51. The van der Waals surface area contributed by atoms with Crippen molar-refractivity contribution in [3.05, 3.63) is 115 Å². The molecule has 2 nitrogen and oxygen atoms in total.